The number of carbonyl (C=O) groups is 1. The molecule has 3 aliphatic rings. The second-order valence-electron chi connectivity index (χ2n) is 7.11. The van der Waals surface area contributed by atoms with Gasteiger partial charge in [0.1, 0.15) is 0 Å². The summed E-state index contributed by atoms with van der Waals surface area (Å²) in [6.07, 6.45) is 9.66. The van der Waals surface area contributed by atoms with Crippen LogP contribution in [-0.2, 0) is 4.74 Å². The van der Waals surface area contributed by atoms with Crippen molar-refractivity contribution in [1.82, 2.24) is 15.1 Å². The maximum absolute atomic E-state index is 12.2. The molecule has 2 fully saturated rings. The maximum atomic E-state index is 12.2. The van der Waals surface area contributed by atoms with Gasteiger partial charge < -0.3 is 15.0 Å². The molecule has 3 rings (SSSR count). The first kappa shape index (κ1) is 16.8. The van der Waals surface area contributed by atoms with E-state index in [0.717, 1.165) is 58.9 Å². The van der Waals surface area contributed by atoms with Crippen LogP contribution in [0.1, 0.15) is 38.5 Å². The van der Waals surface area contributed by atoms with Gasteiger partial charge in [-0.3, -0.25) is 4.90 Å². The van der Waals surface area contributed by atoms with Crippen molar-refractivity contribution in [2.24, 2.45) is 5.92 Å². The molecular formula is C18H31N3O2. The van der Waals surface area contributed by atoms with Crippen LogP contribution in [0.2, 0.25) is 0 Å². The molecule has 5 nitrogen and oxygen atoms in total. The average molecular weight is 321 g/mol. The molecule has 0 saturated carbocycles. The number of hydrogen-bond donors (Lipinski definition) is 1. The van der Waals surface area contributed by atoms with Crippen LogP contribution in [0.15, 0.2) is 11.6 Å². The summed E-state index contributed by atoms with van der Waals surface area (Å²) >= 11 is 0. The van der Waals surface area contributed by atoms with Gasteiger partial charge in [-0.1, -0.05) is 11.6 Å². The van der Waals surface area contributed by atoms with Gasteiger partial charge in [-0.05, 0) is 44.4 Å². The highest BCUT2D eigenvalue weighted by molar-refractivity contribution is 5.74. The van der Waals surface area contributed by atoms with Gasteiger partial charge in [0.15, 0.2) is 0 Å². The Balaban J connectivity index is 1.30. The Morgan fingerprint density at radius 3 is 2.83 bits per heavy atom. The van der Waals surface area contributed by atoms with E-state index in [1.807, 2.05) is 4.90 Å². The lowest BCUT2D eigenvalue weighted by Crippen LogP contribution is -2.52. The van der Waals surface area contributed by atoms with Gasteiger partial charge in [-0.15, -0.1) is 0 Å². The van der Waals surface area contributed by atoms with Crippen molar-refractivity contribution < 1.29 is 9.53 Å². The number of allylic oxidation sites excluding steroid dienone is 1. The van der Waals surface area contributed by atoms with Gasteiger partial charge in [0.25, 0.3) is 0 Å². The second-order valence-corrected chi connectivity index (χ2v) is 7.11. The molecule has 0 aromatic heterocycles. The molecule has 1 N–H and O–H groups in total. The van der Waals surface area contributed by atoms with Crippen molar-refractivity contribution in [3.05, 3.63) is 11.6 Å². The van der Waals surface area contributed by atoms with E-state index in [4.69, 9.17) is 4.74 Å². The van der Waals surface area contributed by atoms with Crippen molar-refractivity contribution in [3.63, 3.8) is 0 Å². The molecule has 130 valence electrons. The van der Waals surface area contributed by atoms with Gasteiger partial charge in [0, 0.05) is 45.9 Å². The number of piperazine rings is 1. The molecule has 1 unspecified atom stereocenters. The van der Waals surface area contributed by atoms with Crippen molar-refractivity contribution in [1.29, 1.82) is 0 Å². The van der Waals surface area contributed by atoms with Crippen molar-refractivity contribution in [2.75, 3.05) is 52.5 Å². The molecule has 0 aromatic carbocycles. The van der Waals surface area contributed by atoms with Crippen LogP contribution in [0.25, 0.3) is 0 Å². The predicted octanol–water partition coefficient (Wildman–Crippen LogP) is 2.24. The fourth-order valence-corrected chi connectivity index (χ4v) is 3.80. The van der Waals surface area contributed by atoms with E-state index in [-0.39, 0.29) is 6.03 Å². The van der Waals surface area contributed by atoms with E-state index in [1.54, 1.807) is 0 Å². The van der Waals surface area contributed by atoms with Crippen LogP contribution in [0.4, 0.5) is 4.79 Å². The summed E-state index contributed by atoms with van der Waals surface area (Å²) in [5.41, 5.74) is 1.53. The van der Waals surface area contributed by atoms with E-state index >= 15 is 0 Å². The Morgan fingerprint density at radius 1 is 1.26 bits per heavy atom. The average Bonchev–Trinajstić information content (AvgIpc) is 3.09. The third-order valence-corrected chi connectivity index (χ3v) is 5.31. The minimum atomic E-state index is 0.116. The molecule has 2 aliphatic heterocycles. The summed E-state index contributed by atoms with van der Waals surface area (Å²) in [7, 11) is 0. The van der Waals surface area contributed by atoms with Crippen LogP contribution in [0, 0.1) is 5.92 Å². The van der Waals surface area contributed by atoms with E-state index in [2.05, 4.69) is 16.3 Å². The Kier molecular flexibility index (Phi) is 6.34. The lowest BCUT2D eigenvalue weighted by molar-refractivity contribution is 0.120. The van der Waals surface area contributed by atoms with Crippen LogP contribution in [0.3, 0.4) is 0 Å². The van der Waals surface area contributed by atoms with E-state index in [1.165, 1.54) is 37.7 Å². The van der Waals surface area contributed by atoms with Crippen LogP contribution >= 0.6 is 0 Å². The maximum Gasteiger partial charge on any atom is 0.317 e. The van der Waals surface area contributed by atoms with E-state index in [9.17, 15) is 4.79 Å². The Morgan fingerprint density at radius 2 is 2.13 bits per heavy atom. The molecule has 0 bridgehead atoms. The fourth-order valence-electron chi connectivity index (χ4n) is 3.80. The first-order valence-corrected chi connectivity index (χ1v) is 9.32. The molecular weight excluding hydrogens is 290 g/mol. The number of amides is 2. The lowest BCUT2D eigenvalue weighted by Gasteiger charge is -2.35. The van der Waals surface area contributed by atoms with Gasteiger partial charge >= 0.3 is 6.03 Å². The zero-order valence-corrected chi connectivity index (χ0v) is 14.3. The number of carbonyl (C=O) groups excluding carboxylic acids is 1. The molecule has 23 heavy (non-hydrogen) atoms. The Labute approximate surface area is 140 Å². The molecule has 2 heterocycles. The summed E-state index contributed by atoms with van der Waals surface area (Å²) in [6, 6.07) is 0.116. The second kappa shape index (κ2) is 8.69. The number of urea groups is 1. The van der Waals surface area contributed by atoms with Crippen molar-refractivity contribution in [3.8, 4) is 0 Å². The zero-order chi connectivity index (χ0) is 15.9. The molecule has 0 spiro atoms. The smallest absolute Gasteiger partial charge is 0.317 e. The standard InChI is InChI=1S/C18H31N3O2/c22-18(19-8-6-16-4-2-1-3-5-16)21-11-9-20(10-12-21)14-17-7-13-23-15-17/h4,17H,1-3,5-15H2,(H,19,22). The molecule has 5 heteroatoms. The minimum absolute atomic E-state index is 0.116. The number of nitrogens with zero attached hydrogens (tertiary/aromatic N) is 2. The van der Waals surface area contributed by atoms with Gasteiger partial charge in [0.2, 0.25) is 0 Å². The lowest BCUT2D eigenvalue weighted by atomic mass is 9.97. The highest BCUT2D eigenvalue weighted by atomic mass is 16.5. The Hall–Kier alpha value is -1.07. The van der Waals surface area contributed by atoms with E-state index in [0.29, 0.717) is 5.92 Å². The summed E-state index contributed by atoms with van der Waals surface area (Å²) in [5, 5.41) is 3.10. The van der Waals surface area contributed by atoms with Crippen LogP contribution < -0.4 is 5.32 Å². The van der Waals surface area contributed by atoms with Crippen molar-refractivity contribution in [2.45, 2.75) is 38.5 Å². The number of rotatable bonds is 5. The molecule has 1 atom stereocenters. The predicted molar refractivity (Wildman–Crippen MR) is 91.5 cm³/mol. The zero-order valence-electron chi connectivity index (χ0n) is 14.3. The Bertz CT molecular complexity index is 410. The molecule has 0 radical (unpaired) electrons. The highest BCUT2D eigenvalue weighted by Gasteiger charge is 2.24. The van der Waals surface area contributed by atoms with Gasteiger partial charge in [-0.25, -0.2) is 4.79 Å². The third-order valence-electron chi connectivity index (χ3n) is 5.31. The topological polar surface area (TPSA) is 44.8 Å². The molecule has 1 aliphatic carbocycles. The number of ether oxygens (including phenoxy) is 1. The first-order chi connectivity index (χ1) is 11.3. The number of hydrogen-bond acceptors (Lipinski definition) is 3. The first-order valence-electron chi connectivity index (χ1n) is 9.32. The normalized spacial score (nSPS) is 26.2. The summed E-state index contributed by atoms with van der Waals surface area (Å²) < 4.78 is 5.45. The largest absolute Gasteiger partial charge is 0.381 e. The molecule has 2 amide bonds. The van der Waals surface area contributed by atoms with Crippen molar-refractivity contribution >= 4 is 6.03 Å². The molecule has 0 aromatic rings. The summed E-state index contributed by atoms with van der Waals surface area (Å²) in [5.74, 6) is 0.694. The SMILES string of the molecule is O=C(NCCC1=CCCCC1)N1CCN(CC2CCOC2)CC1. The minimum Gasteiger partial charge on any atom is -0.381 e. The summed E-state index contributed by atoms with van der Waals surface area (Å²) in [6.45, 7) is 7.43. The fraction of sp³-hybridized carbons (Fsp3) is 0.833. The van der Waals surface area contributed by atoms with Crippen LogP contribution in [0.5, 0.6) is 0 Å². The third kappa shape index (κ3) is 5.21. The highest BCUT2D eigenvalue weighted by Crippen LogP contribution is 2.19. The monoisotopic (exact) mass is 321 g/mol. The van der Waals surface area contributed by atoms with E-state index < -0.39 is 0 Å². The van der Waals surface area contributed by atoms with Crippen LogP contribution in [-0.4, -0.2) is 68.3 Å². The van der Waals surface area contributed by atoms with Gasteiger partial charge in [0.05, 0.1) is 6.61 Å². The summed E-state index contributed by atoms with van der Waals surface area (Å²) in [4.78, 5) is 16.7. The quantitative estimate of drug-likeness (QED) is 0.790. The molecule has 2 saturated heterocycles. The number of nitrogens with one attached hydrogen (secondary N) is 1. The van der Waals surface area contributed by atoms with Gasteiger partial charge in [-0.2, -0.15) is 0 Å².